The average molecular weight is 232 g/mol. The number of amides is 1. The second-order valence-electron chi connectivity index (χ2n) is 4.61. The van der Waals surface area contributed by atoms with Crippen molar-refractivity contribution in [2.75, 3.05) is 17.2 Å². The summed E-state index contributed by atoms with van der Waals surface area (Å²) in [6.07, 6.45) is 2.72. The third-order valence-electron chi connectivity index (χ3n) is 3.63. The number of carbonyl (C=O) groups excluding carboxylic acids is 1. The van der Waals surface area contributed by atoms with Crippen molar-refractivity contribution in [3.8, 4) is 0 Å². The van der Waals surface area contributed by atoms with Crippen LogP contribution >= 0.6 is 0 Å². The molecule has 0 atom stereocenters. The van der Waals surface area contributed by atoms with E-state index < -0.39 is 0 Å². The van der Waals surface area contributed by atoms with E-state index in [1.54, 1.807) is 0 Å². The monoisotopic (exact) mass is 232 g/mol. The van der Waals surface area contributed by atoms with Crippen molar-refractivity contribution in [3.63, 3.8) is 0 Å². The van der Waals surface area contributed by atoms with Gasteiger partial charge in [0.1, 0.15) is 0 Å². The van der Waals surface area contributed by atoms with Crippen LogP contribution in [-0.4, -0.2) is 12.5 Å². The molecule has 0 spiro atoms. The fourth-order valence-electron chi connectivity index (χ4n) is 2.56. The second kappa shape index (κ2) is 4.78. The average Bonchev–Trinajstić information content (AvgIpc) is 2.75. The molecule has 2 N–H and O–H groups in total. The first-order valence-corrected chi connectivity index (χ1v) is 6.37. The lowest BCUT2D eigenvalue weighted by Crippen LogP contribution is -2.34. The van der Waals surface area contributed by atoms with Crippen LogP contribution in [0.15, 0.2) is 18.2 Å². The number of carbonyl (C=O) groups is 1. The summed E-state index contributed by atoms with van der Waals surface area (Å²) in [5.41, 5.74) is 8.86. The van der Waals surface area contributed by atoms with E-state index in [2.05, 4.69) is 19.9 Å². The predicted molar refractivity (Wildman–Crippen MR) is 71.0 cm³/mol. The molecule has 0 aromatic heterocycles. The van der Waals surface area contributed by atoms with Crippen molar-refractivity contribution in [3.05, 3.63) is 23.8 Å². The van der Waals surface area contributed by atoms with Crippen LogP contribution in [0.25, 0.3) is 0 Å². The Morgan fingerprint density at radius 1 is 1.41 bits per heavy atom. The number of hydrogen-bond donors (Lipinski definition) is 1. The Kier molecular flexibility index (Phi) is 3.36. The van der Waals surface area contributed by atoms with E-state index in [1.807, 2.05) is 17.0 Å². The molecule has 1 aromatic carbocycles. The van der Waals surface area contributed by atoms with Gasteiger partial charge in [-0.25, -0.2) is 0 Å². The van der Waals surface area contributed by atoms with Crippen molar-refractivity contribution >= 4 is 17.3 Å². The van der Waals surface area contributed by atoms with Gasteiger partial charge in [-0.05, 0) is 30.9 Å². The topological polar surface area (TPSA) is 46.3 Å². The van der Waals surface area contributed by atoms with Crippen LogP contribution in [0, 0.1) is 5.92 Å². The summed E-state index contributed by atoms with van der Waals surface area (Å²) in [7, 11) is 0. The van der Waals surface area contributed by atoms with Crippen LogP contribution in [0.1, 0.15) is 32.3 Å². The lowest BCUT2D eigenvalue weighted by Gasteiger charge is -2.23. The summed E-state index contributed by atoms with van der Waals surface area (Å²) in [5, 5.41) is 0. The Morgan fingerprint density at radius 2 is 2.12 bits per heavy atom. The second-order valence-corrected chi connectivity index (χ2v) is 4.61. The van der Waals surface area contributed by atoms with Gasteiger partial charge in [-0.2, -0.15) is 0 Å². The fraction of sp³-hybridized carbons (Fsp3) is 0.500. The summed E-state index contributed by atoms with van der Waals surface area (Å²) in [6.45, 7) is 4.91. The molecule has 1 heterocycles. The molecular weight excluding hydrogens is 212 g/mol. The van der Waals surface area contributed by atoms with Crippen LogP contribution in [0.3, 0.4) is 0 Å². The predicted octanol–water partition coefficient (Wildman–Crippen LogP) is 2.59. The lowest BCUT2D eigenvalue weighted by molar-refractivity contribution is -0.122. The molecule has 3 nitrogen and oxygen atoms in total. The van der Waals surface area contributed by atoms with E-state index in [-0.39, 0.29) is 11.8 Å². The number of hydrogen-bond acceptors (Lipinski definition) is 2. The molecule has 0 bridgehead atoms. The zero-order valence-electron chi connectivity index (χ0n) is 10.6. The van der Waals surface area contributed by atoms with E-state index in [4.69, 9.17) is 5.73 Å². The number of anilines is 2. The first-order chi connectivity index (χ1) is 8.19. The summed E-state index contributed by atoms with van der Waals surface area (Å²) >= 11 is 0. The molecule has 92 valence electrons. The normalized spacial score (nSPS) is 14.2. The van der Waals surface area contributed by atoms with Gasteiger partial charge >= 0.3 is 0 Å². The van der Waals surface area contributed by atoms with Crippen LogP contribution in [0.2, 0.25) is 0 Å². The Morgan fingerprint density at radius 3 is 2.76 bits per heavy atom. The van der Waals surface area contributed by atoms with Gasteiger partial charge in [0.05, 0.1) is 11.4 Å². The Labute approximate surface area is 103 Å². The highest BCUT2D eigenvalue weighted by Crippen LogP contribution is 2.35. The molecule has 2 rings (SSSR count). The molecular formula is C14H20N2O. The highest BCUT2D eigenvalue weighted by molar-refractivity contribution is 6.00. The lowest BCUT2D eigenvalue weighted by atomic mass is 10.0. The third kappa shape index (κ3) is 2.02. The standard InChI is InChI=1S/C14H20N2O/c1-3-10(4-2)14(17)16-9-8-11-6-5-7-12(15)13(11)16/h5-7,10H,3-4,8-9,15H2,1-2H3. The zero-order chi connectivity index (χ0) is 12.4. The zero-order valence-corrected chi connectivity index (χ0v) is 10.6. The van der Waals surface area contributed by atoms with Gasteiger partial charge in [-0.3, -0.25) is 4.79 Å². The molecule has 0 radical (unpaired) electrons. The minimum atomic E-state index is 0.126. The van der Waals surface area contributed by atoms with Gasteiger partial charge in [0.2, 0.25) is 5.91 Å². The molecule has 0 unspecified atom stereocenters. The van der Waals surface area contributed by atoms with E-state index in [0.29, 0.717) is 0 Å². The van der Waals surface area contributed by atoms with Crippen molar-refractivity contribution in [1.29, 1.82) is 0 Å². The van der Waals surface area contributed by atoms with Crippen molar-refractivity contribution in [2.45, 2.75) is 33.1 Å². The number of nitrogens with two attached hydrogens (primary N) is 1. The van der Waals surface area contributed by atoms with Gasteiger partial charge < -0.3 is 10.6 Å². The van der Waals surface area contributed by atoms with E-state index in [9.17, 15) is 4.79 Å². The molecule has 0 saturated heterocycles. The molecule has 17 heavy (non-hydrogen) atoms. The molecule has 1 aliphatic rings. The van der Waals surface area contributed by atoms with Gasteiger partial charge in [0, 0.05) is 12.5 Å². The van der Waals surface area contributed by atoms with E-state index >= 15 is 0 Å². The van der Waals surface area contributed by atoms with Gasteiger partial charge in [0.15, 0.2) is 0 Å². The number of fused-ring (bicyclic) bond motifs is 1. The molecule has 0 fully saturated rings. The van der Waals surface area contributed by atoms with Crippen LogP contribution in [0.5, 0.6) is 0 Å². The molecule has 3 heteroatoms. The number of nitrogens with zero attached hydrogens (tertiary/aromatic N) is 1. The number of para-hydroxylation sites is 1. The van der Waals surface area contributed by atoms with Crippen molar-refractivity contribution in [1.82, 2.24) is 0 Å². The van der Waals surface area contributed by atoms with Crippen LogP contribution in [0.4, 0.5) is 11.4 Å². The minimum Gasteiger partial charge on any atom is -0.397 e. The quantitative estimate of drug-likeness (QED) is 0.814. The summed E-state index contributed by atoms with van der Waals surface area (Å²) < 4.78 is 0. The highest BCUT2D eigenvalue weighted by atomic mass is 16.2. The first kappa shape index (κ1) is 12.0. The fourth-order valence-corrected chi connectivity index (χ4v) is 2.56. The third-order valence-corrected chi connectivity index (χ3v) is 3.63. The Bertz CT molecular complexity index is 424. The maximum atomic E-state index is 12.4. The summed E-state index contributed by atoms with van der Waals surface area (Å²) in [4.78, 5) is 14.3. The first-order valence-electron chi connectivity index (χ1n) is 6.37. The maximum absolute atomic E-state index is 12.4. The van der Waals surface area contributed by atoms with Crippen LogP contribution < -0.4 is 10.6 Å². The summed E-state index contributed by atoms with van der Waals surface area (Å²) in [5.74, 6) is 0.354. The van der Waals surface area contributed by atoms with Gasteiger partial charge in [-0.1, -0.05) is 26.0 Å². The highest BCUT2D eigenvalue weighted by Gasteiger charge is 2.29. The number of benzene rings is 1. The molecule has 0 aliphatic carbocycles. The van der Waals surface area contributed by atoms with Crippen molar-refractivity contribution in [2.24, 2.45) is 5.92 Å². The van der Waals surface area contributed by atoms with E-state index in [0.717, 1.165) is 37.2 Å². The number of rotatable bonds is 3. The smallest absolute Gasteiger partial charge is 0.230 e. The SMILES string of the molecule is CCC(CC)C(=O)N1CCc2cccc(N)c21. The Hall–Kier alpha value is -1.51. The minimum absolute atomic E-state index is 0.126. The van der Waals surface area contributed by atoms with Gasteiger partial charge in [0.25, 0.3) is 0 Å². The molecule has 1 amide bonds. The molecule has 0 saturated carbocycles. The van der Waals surface area contributed by atoms with Crippen LogP contribution in [-0.2, 0) is 11.2 Å². The Balaban J connectivity index is 2.30. The molecule has 1 aromatic rings. The van der Waals surface area contributed by atoms with Crippen molar-refractivity contribution < 1.29 is 4.79 Å². The number of nitrogen functional groups attached to an aromatic ring is 1. The van der Waals surface area contributed by atoms with E-state index in [1.165, 1.54) is 5.56 Å². The molecule has 1 aliphatic heterocycles. The van der Waals surface area contributed by atoms with Gasteiger partial charge in [-0.15, -0.1) is 0 Å². The largest absolute Gasteiger partial charge is 0.397 e. The summed E-state index contributed by atoms with van der Waals surface area (Å²) in [6, 6.07) is 5.89. The maximum Gasteiger partial charge on any atom is 0.230 e.